The maximum absolute atomic E-state index is 13.5. The number of thioether (sulfide) groups is 1. The molecule has 2 aromatic carbocycles. The van der Waals surface area contributed by atoms with Gasteiger partial charge in [-0.25, -0.2) is 8.42 Å². The van der Waals surface area contributed by atoms with Gasteiger partial charge in [0.1, 0.15) is 18.0 Å². The van der Waals surface area contributed by atoms with Gasteiger partial charge >= 0.3 is 0 Å². The molecule has 1 N–H and O–H groups in total. The number of amides is 1. The van der Waals surface area contributed by atoms with Crippen molar-refractivity contribution in [3.8, 4) is 11.5 Å². The summed E-state index contributed by atoms with van der Waals surface area (Å²) in [6.45, 7) is 1.48. The average molecular weight is 495 g/mol. The molecule has 0 fully saturated rings. The second kappa shape index (κ2) is 10.7. The quantitative estimate of drug-likeness (QED) is 0.337. The topological polar surface area (TPSA) is 111 Å². The molecule has 0 saturated carbocycles. The number of rotatable bonds is 10. The van der Waals surface area contributed by atoms with Crippen molar-refractivity contribution in [3.05, 3.63) is 48.5 Å². The van der Waals surface area contributed by atoms with Gasteiger partial charge in [0.25, 0.3) is 10.0 Å². The van der Waals surface area contributed by atoms with E-state index >= 15 is 0 Å². The van der Waals surface area contributed by atoms with Crippen molar-refractivity contribution in [2.45, 2.75) is 16.2 Å². The second-order valence-corrected chi connectivity index (χ2v) is 10.6. The molecule has 3 aromatic rings. The van der Waals surface area contributed by atoms with Gasteiger partial charge in [-0.3, -0.25) is 14.4 Å². The van der Waals surface area contributed by atoms with Gasteiger partial charge in [-0.15, -0.1) is 10.2 Å². The van der Waals surface area contributed by atoms with Crippen LogP contribution in [0.4, 0.5) is 10.8 Å². The van der Waals surface area contributed by atoms with Crippen molar-refractivity contribution in [1.82, 2.24) is 10.2 Å². The zero-order valence-electron chi connectivity index (χ0n) is 17.6. The third-order valence-electron chi connectivity index (χ3n) is 4.19. The van der Waals surface area contributed by atoms with Crippen molar-refractivity contribution in [2.75, 3.05) is 36.1 Å². The number of carbonyl (C=O) groups excluding carboxylic acids is 1. The average Bonchev–Trinajstić information content (AvgIpc) is 3.24. The van der Waals surface area contributed by atoms with Crippen molar-refractivity contribution in [1.29, 1.82) is 0 Å². The Bertz CT molecular complexity index is 1170. The number of aromatic nitrogens is 2. The number of nitrogens with one attached hydrogen (secondary N) is 1. The Labute approximate surface area is 194 Å². The lowest BCUT2D eigenvalue weighted by Gasteiger charge is -2.25. The number of methoxy groups -OCH3 is 2. The van der Waals surface area contributed by atoms with Crippen molar-refractivity contribution >= 4 is 49.8 Å². The minimum Gasteiger partial charge on any atom is -0.497 e. The summed E-state index contributed by atoms with van der Waals surface area (Å²) in [4.78, 5) is 12.9. The first-order valence-electron chi connectivity index (χ1n) is 9.45. The molecule has 0 spiro atoms. The highest BCUT2D eigenvalue weighted by atomic mass is 32.2. The molecule has 9 nitrogen and oxygen atoms in total. The first-order valence-corrected chi connectivity index (χ1v) is 12.7. The summed E-state index contributed by atoms with van der Waals surface area (Å²) in [6.07, 6.45) is 0. The van der Waals surface area contributed by atoms with E-state index in [0.29, 0.717) is 15.2 Å². The molecule has 12 heteroatoms. The van der Waals surface area contributed by atoms with E-state index in [-0.39, 0.29) is 16.3 Å². The number of benzene rings is 2. The van der Waals surface area contributed by atoms with Gasteiger partial charge in [0.05, 0.1) is 24.8 Å². The van der Waals surface area contributed by atoms with Gasteiger partial charge in [0.15, 0.2) is 4.34 Å². The van der Waals surface area contributed by atoms with Gasteiger partial charge in [0, 0.05) is 6.07 Å². The standard InChI is InChI=1S/C20H22N4O5S3/c1-4-30-20-23-22-19(31-20)21-18(25)13-24(32(26,27)15-8-6-5-7-9-15)16-12-14(28-2)10-11-17(16)29-3/h5-12H,4,13H2,1-3H3,(H,21,22,25). The van der Waals surface area contributed by atoms with Crippen molar-refractivity contribution < 1.29 is 22.7 Å². The van der Waals surface area contributed by atoms with Crippen LogP contribution in [0.5, 0.6) is 11.5 Å². The van der Waals surface area contributed by atoms with Crippen LogP contribution < -0.4 is 19.1 Å². The fourth-order valence-electron chi connectivity index (χ4n) is 2.74. The van der Waals surface area contributed by atoms with Crippen LogP contribution in [-0.4, -0.2) is 51.0 Å². The number of carbonyl (C=O) groups is 1. The molecule has 0 aliphatic rings. The van der Waals surface area contributed by atoms with E-state index in [4.69, 9.17) is 9.47 Å². The largest absolute Gasteiger partial charge is 0.497 e. The summed E-state index contributed by atoms with van der Waals surface area (Å²) in [5, 5.41) is 10.8. The molecule has 0 radical (unpaired) electrons. The summed E-state index contributed by atoms with van der Waals surface area (Å²) < 4.78 is 39.3. The molecule has 170 valence electrons. The lowest BCUT2D eigenvalue weighted by atomic mass is 10.2. The summed E-state index contributed by atoms with van der Waals surface area (Å²) in [5.74, 6) is 0.940. The van der Waals surface area contributed by atoms with E-state index < -0.39 is 22.5 Å². The molecule has 0 unspecified atom stereocenters. The lowest BCUT2D eigenvalue weighted by molar-refractivity contribution is -0.114. The Hall–Kier alpha value is -2.83. The Morgan fingerprint density at radius 1 is 1.12 bits per heavy atom. The van der Waals surface area contributed by atoms with Gasteiger partial charge in [0.2, 0.25) is 11.0 Å². The number of sulfonamides is 1. The highest BCUT2D eigenvalue weighted by Crippen LogP contribution is 2.35. The van der Waals surface area contributed by atoms with Crippen LogP contribution >= 0.6 is 23.1 Å². The number of nitrogens with zero attached hydrogens (tertiary/aromatic N) is 3. The van der Waals surface area contributed by atoms with E-state index in [9.17, 15) is 13.2 Å². The number of hydrogen-bond donors (Lipinski definition) is 1. The van der Waals surface area contributed by atoms with E-state index in [0.717, 1.165) is 10.1 Å². The van der Waals surface area contributed by atoms with E-state index in [1.807, 2.05) is 6.92 Å². The molecular formula is C20H22N4O5S3. The zero-order chi connectivity index (χ0) is 23.1. The first-order chi connectivity index (χ1) is 15.4. The predicted molar refractivity (Wildman–Crippen MR) is 125 cm³/mol. The molecule has 0 aliphatic heterocycles. The van der Waals surface area contributed by atoms with Crippen LogP contribution in [0.3, 0.4) is 0 Å². The maximum Gasteiger partial charge on any atom is 0.264 e. The van der Waals surface area contributed by atoms with E-state index in [1.165, 1.54) is 55.5 Å². The molecule has 3 rings (SSSR count). The van der Waals surface area contributed by atoms with E-state index in [1.54, 1.807) is 30.3 Å². The fraction of sp³-hybridized carbons (Fsp3) is 0.250. The van der Waals surface area contributed by atoms with Gasteiger partial charge in [-0.1, -0.05) is 48.2 Å². The molecule has 1 amide bonds. The van der Waals surface area contributed by atoms with Crippen molar-refractivity contribution in [3.63, 3.8) is 0 Å². The summed E-state index contributed by atoms with van der Waals surface area (Å²) in [7, 11) is -1.21. The molecule has 0 bridgehead atoms. The normalized spacial score (nSPS) is 11.1. The zero-order valence-corrected chi connectivity index (χ0v) is 20.1. The SMILES string of the molecule is CCSc1nnc(NC(=O)CN(c2cc(OC)ccc2OC)S(=O)(=O)c2ccccc2)s1. The second-order valence-electron chi connectivity index (χ2n) is 6.22. The lowest BCUT2D eigenvalue weighted by Crippen LogP contribution is -2.38. The maximum atomic E-state index is 13.5. The van der Waals surface area contributed by atoms with Gasteiger partial charge in [-0.05, 0) is 30.0 Å². The number of ether oxygens (including phenoxy) is 2. The molecule has 32 heavy (non-hydrogen) atoms. The van der Waals surface area contributed by atoms with Crippen LogP contribution in [0.15, 0.2) is 57.8 Å². The first kappa shape index (κ1) is 23.8. The van der Waals surface area contributed by atoms with Crippen molar-refractivity contribution in [2.24, 2.45) is 0 Å². The Morgan fingerprint density at radius 3 is 2.53 bits per heavy atom. The van der Waals surface area contributed by atoms with Crippen LogP contribution in [0.1, 0.15) is 6.92 Å². The third kappa shape index (κ3) is 5.50. The summed E-state index contributed by atoms with van der Waals surface area (Å²) in [5.41, 5.74) is 0.172. The number of hydrogen-bond acceptors (Lipinski definition) is 9. The predicted octanol–water partition coefficient (Wildman–Crippen LogP) is 3.50. The minimum atomic E-state index is -4.10. The fourth-order valence-corrected chi connectivity index (χ4v) is 5.85. The smallest absolute Gasteiger partial charge is 0.264 e. The summed E-state index contributed by atoms with van der Waals surface area (Å²) in [6, 6.07) is 12.6. The highest BCUT2D eigenvalue weighted by Gasteiger charge is 2.30. The number of anilines is 2. The van der Waals surface area contributed by atoms with Crippen LogP contribution in [-0.2, 0) is 14.8 Å². The Balaban J connectivity index is 1.98. The van der Waals surface area contributed by atoms with E-state index in [2.05, 4.69) is 15.5 Å². The van der Waals surface area contributed by atoms with Gasteiger partial charge < -0.3 is 9.47 Å². The molecule has 1 aromatic heterocycles. The van der Waals surface area contributed by atoms with Crippen LogP contribution in [0.2, 0.25) is 0 Å². The molecule has 1 heterocycles. The summed E-state index contributed by atoms with van der Waals surface area (Å²) >= 11 is 2.72. The van der Waals surface area contributed by atoms with Crippen LogP contribution in [0, 0.1) is 0 Å². The van der Waals surface area contributed by atoms with Crippen LogP contribution in [0.25, 0.3) is 0 Å². The Morgan fingerprint density at radius 2 is 1.88 bits per heavy atom. The molecule has 0 atom stereocenters. The minimum absolute atomic E-state index is 0.0372. The van der Waals surface area contributed by atoms with Gasteiger partial charge in [-0.2, -0.15) is 0 Å². The third-order valence-corrected chi connectivity index (χ3v) is 7.82. The monoisotopic (exact) mass is 494 g/mol. The molecule has 0 aliphatic carbocycles. The highest BCUT2D eigenvalue weighted by molar-refractivity contribution is 8.01. The molecule has 0 saturated heterocycles. The Kier molecular flexibility index (Phi) is 7.94. The molecular weight excluding hydrogens is 472 g/mol.